The number of nitriles is 1. The van der Waals surface area contributed by atoms with E-state index >= 15 is 0 Å². The van der Waals surface area contributed by atoms with E-state index in [1.54, 1.807) is 7.11 Å². The van der Waals surface area contributed by atoms with E-state index in [-0.39, 0.29) is 6.04 Å². The average Bonchev–Trinajstić information content (AvgIpc) is 2.47. The number of methoxy groups -OCH3 is 1. The van der Waals surface area contributed by atoms with Crippen molar-refractivity contribution in [2.45, 2.75) is 32.7 Å². The third-order valence-electron chi connectivity index (χ3n) is 3.23. The molecular weight excluding hydrogens is 252 g/mol. The summed E-state index contributed by atoms with van der Waals surface area (Å²) in [5.41, 5.74) is 0.936. The Morgan fingerprint density at radius 2 is 2.05 bits per heavy atom. The minimum atomic E-state index is -0.258. The summed E-state index contributed by atoms with van der Waals surface area (Å²) >= 11 is 0. The molecule has 1 atom stereocenters. The number of hydrogen-bond acceptors (Lipinski definition) is 4. The molecule has 0 radical (unpaired) electrons. The molecule has 0 amide bonds. The molecule has 0 fully saturated rings. The molecule has 4 heteroatoms. The van der Waals surface area contributed by atoms with Gasteiger partial charge in [-0.05, 0) is 44.6 Å². The summed E-state index contributed by atoms with van der Waals surface area (Å²) in [7, 11) is 3.59. The van der Waals surface area contributed by atoms with Crippen molar-refractivity contribution in [1.29, 1.82) is 5.26 Å². The predicted octanol–water partition coefficient (Wildman–Crippen LogP) is 3.39. The highest BCUT2D eigenvalue weighted by molar-refractivity contribution is 5.44. The number of hydrogen-bond donors (Lipinski definition) is 0. The maximum atomic E-state index is 9.42. The van der Waals surface area contributed by atoms with Crippen molar-refractivity contribution in [1.82, 2.24) is 4.90 Å². The first-order valence-corrected chi connectivity index (χ1v) is 7.08. The predicted molar refractivity (Wildman–Crippen MR) is 80.1 cm³/mol. The molecule has 1 aromatic carbocycles. The van der Waals surface area contributed by atoms with Crippen LogP contribution in [0.2, 0.25) is 0 Å². The summed E-state index contributed by atoms with van der Waals surface area (Å²) in [4.78, 5) is 2.07. The van der Waals surface area contributed by atoms with Crippen molar-refractivity contribution in [3.8, 4) is 17.6 Å². The number of nitrogens with zero attached hydrogens (tertiary/aromatic N) is 2. The topological polar surface area (TPSA) is 45.5 Å². The summed E-state index contributed by atoms with van der Waals surface area (Å²) in [5, 5.41) is 9.42. The van der Waals surface area contributed by atoms with Crippen LogP contribution >= 0.6 is 0 Å². The van der Waals surface area contributed by atoms with Crippen LogP contribution in [0.25, 0.3) is 0 Å². The van der Waals surface area contributed by atoms with E-state index in [1.807, 2.05) is 32.2 Å². The SMILES string of the molecule is CCCCN(C)C(C#N)c1ccc(OCC)c(OC)c1. The molecule has 0 aliphatic carbocycles. The molecule has 0 aliphatic heterocycles. The molecule has 1 rings (SSSR count). The normalized spacial score (nSPS) is 12.0. The zero-order valence-electron chi connectivity index (χ0n) is 12.8. The van der Waals surface area contributed by atoms with Gasteiger partial charge in [0.15, 0.2) is 11.5 Å². The smallest absolute Gasteiger partial charge is 0.161 e. The van der Waals surface area contributed by atoms with E-state index < -0.39 is 0 Å². The van der Waals surface area contributed by atoms with Gasteiger partial charge in [-0.1, -0.05) is 19.4 Å². The molecular formula is C16H24N2O2. The fourth-order valence-corrected chi connectivity index (χ4v) is 2.09. The summed E-state index contributed by atoms with van der Waals surface area (Å²) in [6.45, 7) is 5.58. The van der Waals surface area contributed by atoms with E-state index in [0.717, 1.165) is 24.9 Å². The lowest BCUT2D eigenvalue weighted by Gasteiger charge is -2.23. The standard InChI is InChI=1S/C16H24N2O2/c1-5-7-10-18(3)14(12-17)13-8-9-15(20-6-2)16(11-13)19-4/h8-9,11,14H,5-7,10H2,1-4H3. The second-order valence-corrected chi connectivity index (χ2v) is 4.71. The zero-order valence-corrected chi connectivity index (χ0v) is 12.8. The second kappa shape index (κ2) is 8.44. The zero-order chi connectivity index (χ0) is 15.0. The molecule has 1 unspecified atom stereocenters. The Bertz CT molecular complexity index is 454. The van der Waals surface area contributed by atoms with Crippen molar-refractivity contribution in [2.24, 2.45) is 0 Å². The summed E-state index contributed by atoms with van der Waals surface area (Å²) in [5.74, 6) is 1.39. The molecule has 0 aliphatic rings. The highest BCUT2D eigenvalue weighted by Gasteiger charge is 2.18. The van der Waals surface area contributed by atoms with Crippen molar-refractivity contribution in [3.05, 3.63) is 23.8 Å². The fourth-order valence-electron chi connectivity index (χ4n) is 2.09. The molecule has 20 heavy (non-hydrogen) atoms. The monoisotopic (exact) mass is 276 g/mol. The average molecular weight is 276 g/mol. The largest absolute Gasteiger partial charge is 0.493 e. The number of unbranched alkanes of at least 4 members (excludes halogenated alkanes) is 1. The van der Waals surface area contributed by atoms with E-state index in [4.69, 9.17) is 9.47 Å². The molecule has 0 spiro atoms. The Balaban J connectivity index is 2.96. The summed E-state index contributed by atoms with van der Waals surface area (Å²) < 4.78 is 10.8. The van der Waals surface area contributed by atoms with Gasteiger partial charge in [0.25, 0.3) is 0 Å². The van der Waals surface area contributed by atoms with Crippen LogP contribution in [0.15, 0.2) is 18.2 Å². The van der Waals surface area contributed by atoms with Gasteiger partial charge in [-0.3, -0.25) is 4.90 Å². The minimum absolute atomic E-state index is 0.258. The first kappa shape index (κ1) is 16.3. The van der Waals surface area contributed by atoms with E-state index in [0.29, 0.717) is 18.1 Å². The van der Waals surface area contributed by atoms with E-state index in [9.17, 15) is 5.26 Å². The van der Waals surface area contributed by atoms with Gasteiger partial charge in [0.05, 0.1) is 19.8 Å². The molecule has 0 aromatic heterocycles. The molecule has 0 saturated carbocycles. The Morgan fingerprint density at radius 1 is 1.30 bits per heavy atom. The number of ether oxygens (including phenoxy) is 2. The van der Waals surface area contributed by atoms with Crippen molar-refractivity contribution < 1.29 is 9.47 Å². The molecule has 0 heterocycles. The summed E-state index contributed by atoms with van der Waals surface area (Å²) in [6.07, 6.45) is 2.21. The minimum Gasteiger partial charge on any atom is -0.493 e. The van der Waals surface area contributed by atoms with Crippen LogP contribution in [0.4, 0.5) is 0 Å². The molecule has 0 bridgehead atoms. The lowest BCUT2D eigenvalue weighted by Crippen LogP contribution is -2.24. The van der Waals surface area contributed by atoms with Gasteiger partial charge in [-0.15, -0.1) is 0 Å². The third-order valence-corrected chi connectivity index (χ3v) is 3.23. The van der Waals surface area contributed by atoms with Gasteiger partial charge in [-0.25, -0.2) is 0 Å². The van der Waals surface area contributed by atoms with Gasteiger partial charge in [-0.2, -0.15) is 5.26 Å². The van der Waals surface area contributed by atoms with Gasteiger partial charge >= 0.3 is 0 Å². The highest BCUT2D eigenvalue weighted by atomic mass is 16.5. The maximum absolute atomic E-state index is 9.42. The Hall–Kier alpha value is -1.73. The Morgan fingerprint density at radius 3 is 2.60 bits per heavy atom. The first-order chi connectivity index (χ1) is 9.67. The maximum Gasteiger partial charge on any atom is 0.161 e. The summed E-state index contributed by atoms with van der Waals surface area (Å²) in [6, 6.07) is 7.80. The van der Waals surface area contributed by atoms with E-state index in [1.165, 1.54) is 0 Å². The van der Waals surface area contributed by atoms with Crippen LogP contribution < -0.4 is 9.47 Å². The third kappa shape index (κ3) is 4.14. The molecule has 110 valence electrons. The van der Waals surface area contributed by atoms with Crippen LogP contribution in [-0.2, 0) is 0 Å². The molecule has 0 N–H and O–H groups in total. The van der Waals surface area contributed by atoms with Gasteiger partial charge in [0.2, 0.25) is 0 Å². The van der Waals surface area contributed by atoms with Crippen LogP contribution in [0.3, 0.4) is 0 Å². The van der Waals surface area contributed by atoms with Gasteiger partial charge < -0.3 is 9.47 Å². The highest BCUT2D eigenvalue weighted by Crippen LogP contribution is 2.31. The van der Waals surface area contributed by atoms with Crippen molar-refractivity contribution in [2.75, 3.05) is 27.3 Å². The van der Waals surface area contributed by atoms with E-state index in [2.05, 4.69) is 17.9 Å². The van der Waals surface area contributed by atoms with Crippen molar-refractivity contribution >= 4 is 0 Å². The molecule has 4 nitrogen and oxygen atoms in total. The lowest BCUT2D eigenvalue weighted by molar-refractivity contribution is 0.284. The molecule has 0 saturated heterocycles. The number of rotatable bonds is 8. The van der Waals surface area contributed by atoms with Crippen LogP contribution in [0.5, 0.6) is 11.5 Å². The van der Waals surface area contributed by atoms with Gasteiger partial charge in [0, 0.05) is 0 Å². The Kier molecular flexibility index (Phi) is 6.89. The van der Waals surface area contributed by atoms with Crippen LogP contribution in [0.1, 0.15) is 38.3 Å². The molecule has 1 aromatic rings. The number of benzene rings is 1. The fraction of sp³-hybridized carbons (Fsp3) is 0.562. The second-order valence-electron chi connectivity index (χ2n) is 4.71. The Labute approximate surface area is 121 Å². The van der Waals surface area contributed by atoms with Crippen LogP contribution in [-0.4, -0.2) is 32.2 Å². The first-order valence-electron chi connectivity index (χ1n) is 7.08. The van der Waals surface area contributed by atoms with Gasteiger partial charge in [0.1, 0.15) is 6.04 Å². The van der Waals surface area contributed by atoms with Crippen LogP contribution in [0, 0.1) is 11.3 Å². The van der Waals surface area contributed by atoms with Crippen molar-refractivity contribution in [3.63, 3.8) is 0 Å². The lowest BCUT2D eigenvalue weighted by atomic mass is 10.1. The quantitative estimate of drug-likeness (QED) is 0.730.